The van der Waals surface area contributed by atoms with Crippen molar-refractivity contribution in [3.05, 3.63) is 29.8 Å². The molecule has 1 aromatic rings. The molecule has 0 aliphatic carbocycles. The van der Waals surface area contributed by atoms with Gasteiger partial charge in [-0.25, -0.2) is 0 Å². The van der Waals surface area contributed by atoms with E-state index < -0.39 is 7.57 Å². The van der Waals surface area contributed by atoms with Crippen LogP contribution in [0.1, 0.15) is 25.8 Å². The van der Waals surface area contributed by atoms with Crippen LogP contribution in [-0.4, -0.2) is 32.6 Å². The van der Waals surface area contributed by atoms with Crippen LogP contribution in [0.15, 0.2) is 24.3 Å². The lowest BCUT2D eigenvalue weighted by atomic mass is 10.1. The van der Waals surface area contributed by atoms with Crippen LogP contribution in [0, 0.1) is 0 Å². The molecular formula is C15H23O5P. The summed E-state index contributed by atoms with van der Waals surface area (Å²) in [7, 11) is 0.848. The molecule has 21 heavy (non-hydrogen) atoms. The molecule has 0 N–H and O–H groups in total. The van der Waals surface area contributed by atoms with Gasteiger partial charge in [0.05, 0.1) is 6.61 Å². The van der Waals surface area contributed by atoms with Crippen molar-refractivity contribution in [1.29, 1.82) is 0 Å². The first-order chi connectivity index (χ1) is 10.1. The van der Waals surface area contributed by atoms with Gasteiger partial charge in [0.1, 0.15) is 5.75 Å². The Morgan fingerprint density at radius 3 is 2.48 bits per heavy atom. The molecule has 0 spiro atoms. The van der Waals surface area contributed by atoms with E-state index >= 15 is 0 Å². The highest BCUT2D eigenvalue weighted by Crippen LogP contribution is 2.48. The van der Waals surface area contributed by atoms with Gasteiger partial charge in [-0.1, -0.05) is 18.2 Å². The highest BCUT2D eigenvalue weighted by Gasteiger charge is 2.15. The van der Waals surface area contributed by atoms with Gasteiger partial charge in [-0.3, -0.25) is 4.79 Å². The standard InChI is InChI=1S/C15H23O5P/c1-5-21(17-3,18-4)19-12-8-10-14-9-6-7-11-15(14)20-13(2)16/h5-7,9,11H,8,10,12H2,1-4H3. The topological polar surface area (TPSA) is 54.0 Å². The summed E-state index contributed by atoms with van der Waals surface area (Å²) >= 11 is 0. The van der Waals surface area contributed by atoms with E-state index in [0.717, 1.165) is 18.4 Å². The number of rotatable bonds is 8. The lowest BCUT2D eigenvalue weighted by molar-refractivity contribution is -0.131. The highest BCUT2D eigenvalue weighted by atomic mass is 31.2. The minimum Gasteiger partial charge on any atom is -0.426 e. The largest absolute Gasteiger partial charge is 0.426 e. The minimum atomic E-state index is -2.30. The molecule has 118 valence electrons. The number of para-hydroxylation sites is 1. The van der Waals surface area contributed by atoms with Gasteiger partial charge in [-0.05, 0) is 37.2 Å². The molecule has 0 amide bonds. The van der Waals surface area contributed by atoms with E-state index in [2.05, 4.69) is 0 Å². The molecule has 0 unspecified atom stereocenters. The number of hydrogen-bond acceptors (Lipinski definition) is 5. The summed E-state index contributed by atoms with van der Waals surface area (Å²) in [5.41, 5.74) is 0.982. The molecule has 0 aliphatic rings. The smallest absolute Gasteiger partial charge is 0.308 e. The lowest BCUT2D eigenvalue weighted by Crippen LogP contribution is -2.05. The molecule has 1 rings (SSSR count). The SMILES string of the molecule is CC=P(OC)(OC)OCCCc1ccccc1OC(C)=O. The van der Waals surface area contributed by atoms with Crippen LogP contribution in [-0.2, 0) is 24.8 Å². The van der Waals surface area contributed by atoms with Gasteiger partial charge in [0, 0.05) is 21.1 Å². The molecule has 0 saturated carbocycles. The van der Waals surface area contributed by atoms with Crippen LogP contribution in [0.4, 0.5) is 0 Å². The fraction of sp³-hybridized carbons (Fsp3) is 0.467. The summed E-state index contributed by atoms with van der Waals surface area (Å²) < 4.78 is 21.5. The lowest BCUT2D eigenvalue weighted by Gasteiger charge is -2.21. The first-order valence-corrected chi connectivity index (χ1v) is 8.39. The van der Waals surface area contributed by atoms with Crippen LogP contribution in [0.5, 0.6) is 5.75 Å². The van der Waals surface area contributed by atoms with Crippen molar-refractivity contribution in [2.45, 2.75) is 26.7 Å². The number of ether oxygens (including phenoxy) is 1. The summed E-state index contributed by atoms with van der Waals surface area (Å²) in [5.74, 6) is 2.11. The number of hydrogen-bond donors (Lipinski definition) is 0. The van der Waals surface area contributed by atoms with Gasteiger partial charge in [-0.15, -0.1) is 0 Å². The molecule has 0 aliphatic heterocycles. The molecule has 6 heteroatoms. The summed E-state index contributed by atoms with van der Waals surface area (Å²) in [5, 5.41) is 0. The molecule has 0 bridgehead atoms. The Morgan fingerprint density at radius 1 is 1.24 bits per heavy atom. The molecular weight excluding hydrogens is 291 g/mol. The third-order valence-corrected chi connectivity index (χ3v) is 5.11. The maximum Gasteiger partial charge on any atom is 0.308 e. The van der Waals surface area contributed by atoms with Crippen molar-refractivity contribution >= 4 is 19.3 Å². The Morgan fingerprint density at radius 2 is 1.90 bits per heavy atom. The normalized spacial score (nSPS) is 11.2. The monoisotopic (exact) mass is 314 g/mol. The number of carbonyl (C=O) groups is 1. The van der Waals surface area contributed by atoms with Gasteiger partial charge in [0.2, 0.25) is 0 Å². The van der Waals surface area contributed by atoms with Crippen LogP contribution >= 0.6 is 7.57 Å². The molecule has 0 fully saturated rings. The maximum atomic E-state index is 11.1. The predicted octanol–water partition coefficient (Wildman–Crippen LogP) is 3.44. The first-order valence-electron chi connectivity index (χ1n) is 6.78. The zero-order valence-corrected chi connectivity index (χ0v) is 13.9. The van der Waals surface area contributed by atoms with Crippen LogP contribution in [0.3, 0.4) is 0 Å². The first kappa shape index (κ1) is 17.9. The average molecular weight is 314 g/mol. The molecule has 1 aromatic carbocycles. The van der Waals surface area contributed by atoms with E-state index in [1.165, 1.54) is 6.92 Å². The Hall–Kier alpha value is -1.13. The Bertz CT molecular complexity index is 505. The van der Waals surface area contributed by atoms with Crippen molar-refractivity contribution in [3.8, 4) is 5.75 Å². The second kappa shape index (κ2) is 9.00. The van der Waals surface area contributed by atoms with Crippen LogP contribution in [0.25, 0.3) is 0 Å². The van der Waals surface area contributed by atoms with E-state index in [1.54, 1.807) is 20.3 Å². The Labute approximate surface area is 126 Å². The van der Waals surface area contributed by atoms with Gasteiger partial charge in [-0.2, -0.15) is 0 Å². The van der Waals surface area contributed by atoms with Gasteiger partial charge in [0.15, 0.2) is 0 Å². The van der Waals surface area contributed by atoms with Crippen molar-refractivity contribution in [2.24, 2.45) is 0 Å². The molecule has 5 nitrogen and oxygen atoms in total. The zero-order chi connectivity index (χ0) is 15.7. The third kappa shape index (κ3) is 5.64. The third-order valence-electron chi connectivity index (χ3n) is 2.91. The maximum absolute atomic E-state index is 11.1. The number of benzene rings is 1. The van der Waals surface area contributed by atoms with E-state index in [-0.39, 0.29) is 5.97 Å². The summed E-state index contributed by atoms with van der Waals surface area (Å²) in [6, 6.07) is 7.50. The van der Waals surface area contributed by atoms with Crippen LogP contribution < -0.4 is 4.74 Å². The van der Waals surface area contributed by atoms with Crippen molar-refractivity contribution in [3.63, 3.8) is 0 Å². The Balaban J connectivity index is 2.55. The van der Waals surface area contributed by atoms with Crippen molar-refractivity contribution in [2.75, 3.05) is 20.8 Å². The number of esters is 1. The fourth-order valence-corrected chi connectivity index (χ4v) is 3.20. The summed E-state index contributed by atoms with van der Waals surface area (Å²) in [6.45, 7) is 3.76. The average Bonchev–Trinajstić information content (AvgIpc) is 2.49. The Kier molecular flexibility index (Phi) is 7.68. The number of carbonyl (C=O) groups excluding carboxylic acids is 1. The predicted molar refractivity (Wildman–Crippen MR) is 84.7 cm³/mol. The second-order valence-electron chi connectivity index (χ2n) is 4.30. The summed E-state index contributed by atoms with van der Waals surface area (Å²) in [6.07, 6.45) is 1.53. The molecule has 0 heterocycles. The van der Waals surface area contributed by atoms with E-state index in [0.29, 0.717) is 12.4 Å². The van der Waals surface area contributed by atoms with Gasteiger partial charge in [0.25, 0.3) is 7.57 Å². The minimum absolute atomic E-state index is 0.317. The molecule has 0 atom stereocenters. The van der Waals surface area contributed by atoms with Crippen molar-refractivity contribution < 1.29 is 23.1 Å². The van der Waals surface area contributed by atoms with E-state index in [1.807, 2.05) is 30.9 Å². The van der Waals surface area contributed by atoms with Crippen molar-refractivity contribution in [1.82, 2.24) is 0 Å². The summed E-state index contributed by atoms with van der Waals surface area (Å²) in [4.78, 5) is 11.1. The zero-order valence-electron chi connectivity index (χ0n) is 13.0. The van der Waals surface area contributed by atoms with E-state index in [9.17, 15) is 4.79 Å². The van der Waals surface area contributed by atoms with E-state index in [4.69, 9.17) is 18.3 Å². The second-order valence-corrected chi connectivity index (χ2v) is 6.89. The highest BCUT2D eigenvalue weighted by molar-refractivity contribution is 7.60. The van der Waals surface area contributed by atoms with Gasteiger partial charge < -0.3 is 18.3 Å². The fourth-order valence-electron chi connectivity index (χ4n) is 1.88. The molecule has 0 radical (unpaired) electrons. The van der Waals surface area contributed by atoms with Gasteiger partial charge >= 0.3 is 5.97 Å². The molecule has 0 saturated heterocycles. The molecule has 0 aromatic heterocycles. The number of aryl methyl sites for hydroxylation is 1. The van der Waals surface area contributed by atoms with Crippen LogP contribution in [0.2, 0.25) is 0 Å². The quantitative estimate of drug-likeness (QED) is 0.318.